The van der Waals surface area contributed by atoms with Crippen molar-refractivity contribution in [1.29, 1.82) is 0 Å². The van der Waals surface area contributed by atoms with Crippen LogP contribution < -0.4 is 4.74 Å². The van der Waals surface area contributed by atoms with Gasteiger partial charge in [-0.3, -0.25) is 4.79 Å². The summed E-state index contributed by atoms with van der Waals surface area (Å²) < 4.78 is 43.4. The van der Waals surface area contributed by atoms with E-state index in [0.717, 1.165) is 0 Å². The molecule has 0 aromatic rings. The number of ketones is 1. The number of carbonyl (C=O) groups excluding carboxylic acids is 1. The number of rotatable bonds is 3. The molecule has 0 heterocycles. The van der Waals surface area contributed by atoms with Gasteiger partial charge in [0, 0.05) is 5.56 Å². The van der Waals surface area contributed by atoms with Crippen LogP contribution in [0.2, 0.25) is 5.02 Å². The zero-order valence-corrected chi connectivity index (χ0v) is 11.2. The summed E-state index contributed by atoms with van der Waals surface area (Å²) in [6, 6.07) is 7.78. The van der Waals surface area contributed by atoms with Gasteiger partial charge in [-0.1, -0.05) is 41.9 Å². The molecule has 0 aromatic carbocycles. The lowest BCUT2D eigenvalue weighted by Crippen LogP contribution is -2.23. The zero-order valence-electron chi connectivity index (χ0n) is 10.4. The van der Waals surface area contributed by atoms with E-state index in [2.05, 4.69) is 0 Å². The number of alkyl halides is 3. The molecular weight excluding hydrogens is 293 g/mol. The van der Waals surface area contributed by atoms with Crippen LogP contribution in [0.1, 0.15) is 17.3 Å². The first-order chi connectivity index (χ1) is 9.38. The Morgan fingerprint density at radius 3 is 2.35 bits per heavy atom. The number of Topliss-reactive ketones (excluding diaryl/α,β-unsaturated/α-hetero) is 1. The van der Waals surface area contributed by atoms with Gasteiger partial charge >= 0.3 is 6.18 Å². The lowest BCUT2D eigenvalue weighted by molar-refractivity contribution is -0.0886. The largest absolute Gasteiger partial charge is 0.491 e. The van der Waals surface area contributed by atoms with Crippen molar-refractivity contribution in [1.82, 2.24) is 0 Å². The van der Waals surface area contributed by atoms with Gasteiger partial charge in [-0.15, -0.1) is 0 Å². The summed E-state index contributed by atoms with van der Waals surface area (Å²) in [6.07, 6.45) is -4.98. The maximum Gasteiger partial charge on any atom is 0.455 e. The molecule has 0 atom stereocenters. The van der Waals surface area contributed by atoms with Crippen LogP contribution in [0.25, 0.3) is 11.1 Å². The fraction of sp³-hybridized carbons (Fsp3) is 0.214. The minimum absolute atomic E-state index is 0.0191. The molecule has 0 unspecified atom stereocenters. The van der Waals surface area contributed by atoms with Crippen molar-refractivity contribution in [2.75, 3.05) is 6.61 Å². The van der Waals surface area contributed by atoms with Crippen molar-refractivity contribution >= 4 is 17.4 Å². The summed E-state index contributed by atoms with van der Waals surface area (Å²) in [5.41, 5.74) is -0.0472. The minimum atomic E-state index is -4.98. The third kappa shape index (κ3) is 2.45. The molecule has 0 N–H and O–H groups in total. The van der Waals surface area contributed by atoms with Crippen molar-refractivity contribution in [3.8, 4) is 16.9 Å². The summed E-state index contributed by atoms with van der Waals surface area (Å²) in [7, 11) is 0. The van der Waals surface area contributed by atoms with Gasteiger partial charge in [0.15, 0.2) is 0 Å². The van der Waals surface area contributed by atoms with E-state index in [0.29, 0.717) is 5.56 Å². The van der Waals surface area contributed by atoms with E-state index in [-0.39, 0.29) is 22.9 Å². The predicted molar refractivity (Wildman–Crippen MR) is 69.6 cm³/mol. The van der Waals surface area contributed by atoms with Crippen molar-refractivity contribution in [3.63, 3.8) is 0 Å². The molecule has 6 heteroatoms. The van der Waals surface area contributed by atoms with Crippen LogP contribution >= 0.6 is 11.6 Å². The van der Waals surface area contributed by atoms with Crippen molar-refractivity contribution in [3.05, 3.63) is 40.9 Å². The van der Waals surface area contributed by atoms with E-state index in [9.17, 15) is 18.0 Å². The Balaban J connectivity index is 2.76. The highest BCUT2D eigenvalue weighted by atomic mass is 35.5. The second-order valence-corrected chi connectivity index (χ2v) is 4.39. The van der Waals surface area contributed by atoms with Gasteiger partial charge in [-0.05, 0) is 12.5 Å². The molecule has 0 aliphatic heterocycles. The highest BCUT2D eigenvalue weighted by molar-refractivity contribution is 6.37. The fourth-order valence-corrected chi connectivity index (χ4v) is 2.27. The van der Waals surface area contributed by atoms with Gasteiger partial charge in [0.25, 0.3) is 5.78 Å². The average Bonchev–Trinajstić information content (AvgIpc) is 2.57. The van der Waals surface area contributed by atoms with Gasteiger partial charge < -0.3 is 4.74 Å². The molecule has 2 rings (SSSR count). The van der Waals surface area contributed by atoms with Crippen LogP contribution in [0.4, 0.5) is 13.2 Å². The maximum absolute atomic E-state index is 12.7. The lowest BCUT2D eigenvalue weighted by Gasteiger charge is -2.08. The first-order valence-electron chi connectivity index (χ1n) is 5.82. The second-order valence-electron chi connectivity index (χ2n) is 4.02. The van der Waals surface area contributed by atoms with Crippen molar-refractivity contribution in [2.45, 2.75) is 13.1 Å². The number of hydrogen-bond donors (Lipinski definition) is 0. The second kappa shape index (κ2) is 5.32. The SMILES string of the molecule is CCOc1c(Cl)c2cccccc-2c1C(=O)C(F)(F)F. The predicted octanol–water partition coefficient (Wildman–Crippen LogP) is 4.59. The Morgan fingerprint density at radius 2 is 1.80 bits per heavy atom. The van der Waals surface area contributed by atoms with Gasteiger partial charge in [-0.25, -0.2) is 0 Å². The van der Waals surface area contributed by atoms with E-state index in [1.807, 2.05) is 0 Å². The molecule has 2 nitrogen and oxygen atoms in total. The van der Waals surface area contributed by atoms with Gasteiger partial charge in [0.05, 0.1) is 17.2 Å². The van der Waals surface area contributed by atoms with Crippen LogP contribution in [-0.4, -0.2) is 18.6 Å². The number of fused-ring (bicyclic) bond motifs is 1. The molecule has 0 bridgehead atoms. The summed E-state index contributed by atoms with van der Waals surface area (Å²) >= 11 is 6.05. The lowest BCUT2D eigenvalue weighted by atomic mass is 10.1. The number of halogens is 4. The fourth-order valence-electron chi connectivity index (χ4n) is 1.96. The maximum atomic E-state index is 12.7. The molecule has 0 amide bonds. The van der Waals surface area contributed by atoms with Crippen molar-refractivity contribution in [2.24, 2.45) is 0 Å². The highest BCUT2D eigenvalue weighted by Gasteiger charge is 2.44. The molecule has 0 saturated carbocycles. The normalized spacial score (nSPS) is 11.7. The summed E-state index contributed by atoms with van der Waals surface area (Å²) in [5, 5.41) is 0.0191. The number of carbonyl (C=O) groups is 1. The minimum Gasteiger partial charge on any atom is -0.491 e. The van der Waals surface area contributed by atoms with Gasteiger partial charge in [-0.2, -0.15) is 13.2 Å². The molecule has 2 aliphatic rings. The standard InChI is InChI=1S/C14H10ClF3O2/c1-2-20-12-10(13(19)14(16,17)18)8-6-4-3-5-7-9(8)11(12)15/h3-7H,2H2,1H3. The molecule has 0 aromatic heterocycles. The summed E-state index contributed by atoms with van der Waals surface area (Å²) in [6.45, 7) is 1.72. The number of hydrogen-bond acceptors (Lipinski definition) is 2. The molecule has 0 fully saturated rings. The molecule has 0 radical (unpaired) electrons. The number of ether oxygens (including phenoxy) is 1. The highest BCUT2D eigenvalue weighted by Crippen LogP contribution is 2.47. The van der Waals surface area contributed by atoms with Crippen LogP contribution in [0.5, 0.6) is 5.75 Å². The van der Waals surface area contributed by atoms with E-state index < -0.39 is 17.5 Å². The quantitative estimate of drug-likeness (QED) is 0.775. The monoisotopic (exact) mass is 302 g/mol. The van der Waals surface area contributed by atoms with E-state index >= 15 is 0 Å². The van der Waals surface area contributed by atoms with Crippen LogP contribution in [0, 0.1) is 0 Å². The molecule has 20 heavy (non-hydrogen) atoms. The Hall–Kier alpha value is -1.75. The molecule has 0 spiro atoms. The molecular formula is C14H10ClF3O2. The first-order valence-corrected chi connectivity index (χ1v) is 6.20. The van der Waals surface area contributed by atoms with Crippen molar-refractivity contribution < 1.29 is 22.7 Å². The van der Waals surface area contributed by atoms with E-state index in [1.165, 1.54) is 6.07 Å². The van der Waals surface area contributed by atoms with Gasteiger partial charge in [0.2, 0.25) is 0 Å². The third-order valence-corrected chi connectivity index (χ3v) is 3.12. The average molecular weight is 303 g/mol. The van der Waals surface area contributed by atoms with Crippen LogP contribution in [0.15, 0.2) is 30.3 Å². The Morgan fingerprint density at radius 1 is 1.20 bits per heavy atom. The van der Waals surface area contributed by atoms with E-state index in [1.54, 1.807) is 31.2 Å². The molecule has 2 aliphatic carbocycles. The molecule has 106 valence electrons. The zero-order chi connectivity index (χ0) is 14.9. The third-order valence-electron chi connectivity index (χ3n) is 2.74. The summed E-state index contributed by atoms with van der Waals surface area (Å²) in [5.74, 6) is -2.17. The van der Waals surface area contributed by atoms with Gasteiger partial charge in [0.1, 0.15) is 5.75 Å². The first kappa shape index (κ1) is 14.7. The topological polar surface area (TPSA) is 26.3 Å². The Kier molecular flexibility index (Phi) is 3.90. The van der Waals surface area contributed by atoms with Crippen LogP contribution in [0.3, 0.4) is 0 Å². The Labute approximate surface area is 118 Å². The van der Waals surface area contributed by atoms with Crippen LogP contribution in [-0.2, 0) is 0 Å². The Bertz CT molecular complexity index is 623. The smallest absolute Gasteiger partial charge is 0.455 e. The summed E-state index contributed by atoms with van der Waals surface area (Å²) in [4.78, 5) is 11.6. The molecule has 0 saturated heterocycles. The van der Waals surface area contributed by atoms with E-state index in [4.69, 9.17) is 16.3 Å².